The molecule has 0 saturated carbocycles. The fraction of sp³-hybridized carbons (Fsp3) is 0.286. The van der Waals surface area contributed by atoms with E-state index in [9.17, 15) is 22.8 Å². The summed E-state index contributed by atoms with van der Waals surface area (Å²) in [5, 5.41) is 17.8. The van der Waals surface area contributed by atoms with Crippen LogP contribution in [-0.4, -0.2) is 46.4 Å². The Kier molecular flexibility index (Phi) is 6.02. The Morgan fingerprint density at radius 2 is 2.12 bits per heavy atom. The summed E-state index contributed by atoms with van der Waals surface area (Å²) in [6.07, 6.45) is -3.64. The molecule has 1 saturated heterocycles. The fourth-order valence-corrected chi connectivity index (χ4v) is 2.68. The molecule has 0 radical (unpaired) electrons. The lowest BCUT2D eigenvalue weighted by Crippen LogP contribution is -2.26. The van der Waals surface area contributed by atoms with Gasteiger partial charge in [-0.05, 0) is 12.1 Å². The third kappa shape index (κ3) is 6.10. The average Bonchev–Trinajstić information content (AvgIpc) is 2.85. The summed E-state index contributed by atoms with van der Waals surface area (Å²) >= 11 is 0.915. The second-order valence-electron chi connectivity index (χ2n) is 4.79. The first-order chi connectivity index (χ1) is 11.7. The van der Waals surface area contributed by atoms with Crippen LogP contribution in [0.25, 0.3) is 0 Å². The number of hydrogen-bond donors (Lipinski definition) is 2. The number of carbonyl (C=O) groups excluding carboxylic acids is 1. The normalized spacial score (nSPS) is 19.4. The molecule has 1 heterocycles. The SMILES string of the molecule is O=C(O)CC1SC(=NN=Cc2ccccc2OCC(F)(F)F)NC1=O. The number of benzene rings is 1. The van der Waals surface area contributed by atoms with Crippen molar-refractivity contribution in [3.05, 3.63) is 29.8 Å². The molecule has 25 heavy (non-hydrogen) atoms. The topological polar surface area (TPSA) is 100 Å². The van der Waals surface area contributed by atoms with Crippen molar-refractivity contribution in [2.24, 2.45) is 10.2 Å². The number of hydrogen-bond acceptors (Lipinski definition) is 6. The van der Waals surface area contributed by atoms with E-state index >= 15 is 0 Å². The van der Waals surface area contributed by atoms with Gasteiger partial charge in [0.1, 0.15) is 11.0 Å². The van der Waals surface area contributed by atoms with E-state index in [0.717, 1.165) is 11.8 Å². The molecule has 1 fully saturated rings. The summed E-state index contributed by atoms with van der Waals surface area (Å²) in [5.74, 6) is -1.63. The molecule has 134 valence electrons. The Labute approximate surface area is 144 Å². The van der Waals surface area contributed by atoms with Crippen molar-refractivity contribution >= 4 is 35.0 Å². The minimum Gasteiger partial charge on any atom is -0.483 e. The van der Waals surface area contributed by atoms with Crippen LogP contribution < -0.4 is 10.1 Å². The number of nitrogens with zero attached hydrogens (tertiary/aromatic N) is 2. The van der Waals surface area contributed by atoms with Crippen molar-refractivity contribution in [1.29, 1.82) is 0 Å². The number of thioether (sulfide) groups is 1. The molecule has 1 aliphatic heterocycles. The van der Waals surface area contributed by atoms with Gasteiger partial charge >= 0.3 is 12.1 Å². The molecule has 1 unspecified atom stereocenters. The second-order valence-corrected chi connectivity index (χ2v) is 5.98. The largest absolute Gasteiger partial charge is 0.483 e. The highest BCUT2D eigenvalue weighted by atomic mass is 32.2. The van der Waals surface area contributed by atoms with E-state index in [4.69, 9.17) is 9.84 Å². The number of carboxylic acid groups (broad SMARTS) is 1. The zero-order chi connectivity index (χ0) is 18.4. The van der Waals surface area contributed by atoms with Gasteiger partial charge < -0.3 is 15.2 Å². The zero-order valence-corrected chi connectivity index (χ0v) is 13.3. The zero-order valence-electron chi connectivity index (χ0n) is 12.5. The van der Waals surface area contributed by atoms with Crippen LogP contribution in [-0.2, 0) is 9.59 Å². The lowest BCUT2D eigenvalue weighted by atomic mass is 10.2. The predicted molar refractivity (Wildman–Crippen MR) is 84.8 cm³/mol. The summed E-state index contributed by atoms with van der Waals surface area (Å²) in [6, 6.07) is 5.95. The van der Waals surface area contributed by atoms with Crippen LogP contribution in [0.3, 0.4) is 0 Å². The van der Waals surface area contributed by atoms with Crippen LogP contribution >= 0.6 is 11.8 Å². The van der Waals surface area contributed by atoms with Crippen molar-refractivity contribution < 1.29 is 32.6 Å². The highest BCUT2D eigenvalue weighted by Crippen LogP contribution is 2.23. The van der Waals surface area contributed by atoms with Crippen molar-refractivity contribution in [3.63, 3.8) is 0 Å². The number of amides is 1. The van der Waals surface area contributed by atoms with Gasteiger partial charge in [0.15, 0.2) is 11.8 Å². The molecule has 2 N–H and O–H groups in total. The molecule has 1 aliphatic rings. The van der Waals surface area contributed by atoms with E-state index in [1.54, 1.807) is 6.07 Å². The van der Waals surface area contributed by atoms with Crippen LogP contribution in [0.1, 0.15) is 12.0 Å². The van der Waals surface area contributed by atoms with Crippen LogP contribution in [0.4, 0.5) is 13.2 Å². The third-order valence-electron chi connectivity index (χ3n) is 2.79. The highest BCUT2D eigenvalue weighted by Gasteiger charge is 2.32. The van der Waals surface area contributed by atoms with E-state index in [-0.39, 0.29) is 22.9 Å². The van der Waals surface area contributed by atoms with Crippen molar-refractivity contribution in [2.75, 3.05) is 6.61 Å². The summed E-state index contributed by atoms with van der Waals surface area (Å²) in [6.45, 7) is -1.44. The van der Waals surface area contributed by atoms with E-state index < -0.39 is 29.9 Å². The maximum Gasteiger partial charge on any atom is 0.422 e. The second kappa shape index (κ2) is 8.01. The molecular formula is C14H12F3N3O4S. The number of nitrogens with one attached hydrogen (secondary N) is 1. The number of ether oxygens (including phenoxy) is 1. The van der Waals surface area contributed by atoms with E-state index in [1.807, 2.05) is 0 Å². The predicted octanol–water partition coefficient (Wildman–Crippen LogP) is 2.02. The number of aliphatic carboxylic acids is 1. The van der Waals surface area contributed by atoms with Crippen molar-refractivity contribution in [1.82, 2.24) is 5.32 Å². The number of carbonyl (C=O) groups is 2. The first-order valence-corrected chi connectivity index (χ1v) is 7.71. The molecule has 1 aromatic rings. The minimum atomic E-state index is -4.46. The number of alkyl halides is 3. The molecule has 0 aromatic heterocycles. The summed E-state index contributed by atoms with van der Waals surface area (Å²) in [4.78, 5) is 22.2. The molecular weight excluding hydrogens is 363 g/mol. The van der Waals surface area contributed by atoms with E-state index in [1.165, 1.54) is 24.4 Å². The monoisotopic (exact) mass is 375 g/mol. The first kappa shape index (κ1) is 18.8. The molecule has 1 amide bonds. The molecule has 2 rings (SSSR count). The molecule has 0 bridgehead atoms. The molecule has 0 aliphatic carbocycles. The number of amidine groups is 1. The van der Waals surface area contributed by atoms with Gasteiger partial charge in [-0.1, -0.05) is 23.9 Å². The lowest BCUT2D eigenvalue weighted by Gasteiger charge is -2.10. The molecule has 1 aromatic carbocycles. The van der Waals surface area contributed by atoms with Gasteiger partial charge in [0, 0.05) is 5.56 Å². The van der Waals surface area contributed by atoms with Gasteiger partial charge in [0.2, 0.25) is 5.91 Å². The number of halogens is 3. The number of carboxylic acids is 1. The van der Waals surface area contributed by atoms with Gasteiger partial charge in [-0.25, -0.2) is 0 Å². The van der Waals surface area contributed by atoms with Crippen molar-refractivity contribution in [2.45, 2.75) is 17.8 Å². The van der Waals surface area contributed by atoms with E-state index in [2.05, 4.69) is 15.5 Å². The van der Waals surface area contributed by atoms with Crippen LogP contribution in [0.15, 0.2) is 34.5 Å². The van der Waals surface area contributed by atoms with Crippen LogP contribution in [0.5, 0.6) is 5.75 Å². The highest BCUT2D eigenvalue weighted by molar-refractivity contribution is 8.15. The van der Waals surface area contributed by atoms with Gasteiger partial charge in [-0.3, -0.25) is 9.59 Å². The molecule has 11 heteroatoms. The Hall–Kier alpha value is -2.56. The number of para-hydroxylation sites is 1. The van der Waals surface area contributed by atoms with Gasteiger partial charge in [0.25, 0.3) is 0 Å². The summed E-state index contributed by atoms with van der Waals surface area (Å²) < 4.78 is 41.4. The Morgan fingerprint density at radius 1 is 1.40 bits per heavy atom. The molecule has 1 atom stereocenters. The van der Waals surface area contributed by atoms with Crippen molar-refractivity contribution in [3.8, 4) is 5.75 Å². The molecule has 7 nitrogen and oxygen atoms in total. The third-order valence-corrected chi connectivity index (χ3v) is 3.86. The first-order valence-electron chi connectivity index (χ1n) is 6.83. The van der Waals surface area contributed by atoms with Crippen LogP contribution in [0.2, 0.25) is 0 Å². The Morgan fingerprint density at radius 3 is 2.80 bits per heavy atom. The molecule has 0 spiro atoms. The van der Waals surface area contributed by atoms with Crippen LogP contribution in [0, 0.1) is 0 Å². The minimum absolute atomic E-state index is 0.0179. The Balaban J connectivity index is 2.03. The average molecular weight is 375 g/mol. The lowest BCUT2D eigenvalue weighted by molar-refractivity contribution is -0.153. The van der Waals surface area contributed by atoms with E-state index in [0.29, 0.717) is 0 Å². The van der Waals surface area contributed by atoms with Gasteiger partial charge in [-0.15, -0.1) is 5.10 Å². The summed E-state index contributed by atoms with van der Waals surface area (Å²) in [5.41, 5.74) is 0.271. The standard InChI is InChI=1S/C14H12F3N3O4S/c15-14(16,17)7-24-9-4-2-1-3-8(9)6-18-20-13-19-12(23)10(25-13)5-11(21)22/h1-4,6,10H,5,7H2,(H,21,22)(H,19,20,23). The smallest absolute Gasteiger partial charge is 0.422 e. The maximum absolute atomic E-state index is 12.2. The van der Waals surface area contributed by atoms with Gasteiger partial charge in [0.05, 0.1) is 12.6 Å². The fourth-order valence-electron chi connectivity index (χ4n) is 1.77. The maximum atomic E-state index is 12.2. The quantitative estimate of drug-likeness (QED) is 0.585. The number of rotatable bonds is 6. The summed E-state index contributed by atoms with van der Waals surface area (Å²) in [7, 11) is 0. The Bertz CT molecular complexity index is 722. The van der Waals surface area contributed by atoms with Gasteiger partial charge in [-0.2, -0.15) is 18.3 Å².